The van der Waals surface area contributed by atoms with E-state index in [1.54, 1.807) is 12.1 Å². The average Bonchev–Trinajstić information content (AvgIpc) is 2.90. The minimum atomic E-state index is -0.468. The van der Waals surface area contributed by atoms with Crippen LogP contribution in [-0.4, -0.2) is 34.9 Å². The van der Waals surface area contributed by atoms with Gasteiger partial charge in [-0.3, -0.25) is 4.79 Å². The van der Waals surface area contributed by atoms with E-state index in [-0.39, 0.29) is 0 Å². The third kappa shape index (κ3) is 2.71. The minimum absolute atomic E-state index is 0.435. The highest BCUT2D eigenvalue weighted by molar-refractivity contribution is 6.04. The minimum Gasteiger partial charge on any atom is -0.366 e. The fraction of sp³-hybridized carbons (Fsp3) is 0.176. The molecule has 22 heavy (non-hydrogen) atoms. The van der Waals surface area contributed by atoms with Crippen LogP contribution in [0, 0.1) is 0 Å². The molecule has 1 aromatic heterocycles. The van der Waals surface area contributed by atoms with Gasteiger partial charge in [-0.2, -0.15) is 0 Å². The Labute approximate surface area is 128 Å². The van der Waals surface area contributed by atoms with Gasteiger partial charge in [-0.25, -0.2) is 4.98 Å². The molecule has 0 aliphatic heterocycles. The number of nitrogens with one attached hydrogen (secondary N) is 1. The van der Waals surface area contributed by atoms with Crippen molar-refractivity contribution in [2.45, 2.75) is 6.54 Å². The molecule has 3 N–H and O–H groups in total. The van der Waals surface area contributed by atoms with E-state index in [0.29, 0.717) is 11.1 Å². The summed E-state index contributed by atoms with van der Waals surface area (Å²) >= 11 is 0. The molecule has 2 aromatic carbocycles. The van der Waals surface area contributed by atoms with Gasteiger partial charge >= 0.3 is 0 Å². The van der Waals surface area contributed by atoms with Crippen LogP contribution in [-0.2, 0) is 6.54 Å². The van der Waals surface area contributed by atoms with Gasteiger partial charge in [-0.05, 0) is 37.9 Å². The van der Waals surface area contributed by atoms with E-state index in [0.717, 1.165) is 23.4 Å². The molecule has 1 heterocycles. The highest BCUT2D eigenvalue weighted by atomic mass is 16.1. The normalized spacial score (nSPS) is 11.2. The maximum Gasteiger partial charge on any atom is 0.250 e. The van der Waals surface area contributed by atoms with E-state index < -0.39 is 5.91 Å². The number of nitrogens with zero attached hydrogens (tertiary/aromatic N) is 2. The quantitative estimate of drug-likeness (QED) is 0.776. The first-order valence-corrected chi connectivity index (χ1v) is 7.07. The molecule has 0 fully saturated rings. The molecule has 0 saturated heterocycles. The first-order valence-electron chi connectivity index (χ1n) is 7.07. The molecule has 0 unspecified atom stereocenters. The predicted molar refractivity (Wildman–Crippen MR) is 87.4 cm³/mol. The highest BCUT2D eigenvalue weighted by Gasteiger charge is 2.12. The lowest BCUT2D eigenvalue weighted by Gasteiger charge is -2.10. The van der Waals surface area contributed by atoms with Gasteiger partial charge in [0.2, 0.25) is 0 Å². The largest absolute Gasteiger partial charge is 0.366 e. The molecule has 5 nitrogen and oxygen atoms in total. The SMILES string of the molecule is CN(C)Cc1cccc(-c2nc3c(C(N)=O)cccc3[nH]2)c1. The van der Waals surface area contributed by atoms with E-state index in [1.165, 1.54) is 5.56 Å². The number of hydrogen-bond donors (Lipinski definition) is 2. The zero-order valence-electron chi connectivity index (χ0n) is 12.6. The zero-order chi connectivity index (χ0) is 15.7. The van der Waals surface area contributed by atoms with Gasteiger partial charge in [0.05, 0.1) is 11.1 Å². The number of hydrogen-bond acceptors (Lipinski definition) is 3. The van der Waals surface area contributed by atoms with Crippen LogP contribution in [0.2, 0.25) is 0 Å². The van der Waals surface area contributed by atoms with Gasteiger partial charge in [-0.15, -0.1) is 0 Å². The smallest absolute Gasteiger partial charge is 0.250 e. The number of H-pyrrole nitrogens is 1. The summed E-state index contributed by atoms with van der Waals surface area (Å²) in [7, 11) is 4.07. The Morgan fingerprint density at radius 3 is 2.73 bits per heavy atom. The number of aromatic nitrogens is 2. The van der Waals surface area contributed by atoms with Crippen molar-refractivity contribution in [2.24, 2.45) is 5.73 Å². The van der Waals surface area contributed by atoms with E-state index >= 15 is 0 Å². The molecule has 0 bridgehead atoms. The lowest BCUT2D eigenvalue weighted by Crippen LogP contribution is -2.11. The Morgan fingerprint density at radius 2 is 2.00 bits per heavy atom. The molecular weight excluding hydrogens is 276 g/mol. The third-order valence-electron chi connectivity index (χ3n) is 3.48. The van der Waals surface area contributed by atoms with Gasteiger partial charge in [-0.1, -0.05) is 24.3 Å². The highest BCUT2D eigenvalue weighted by Crippen LogP contribution is 2.23. The van der Waals surface area contributed by atoms with Crippen molar-refractivity contribution in [2.75, 3.05) is 14.1 Å². The average molecular weight is 294 g/mol. The second-order valence-electron chi connectivity index (χ2n) is 5.59. The molecule has 3 rings (SSSR count). The molecule has 0 spiro atoms. The second kappa shape index (κ2) is 5.61. The van der Waals surface area contributed by atoms with Crippen LogP contribution in [0.15, 0.2) is 42.5 Å². The van der Waals surface area contributed by atoms with Crippen molar-refractivity contribution < 1.29 is 4.79 Å². The van der Waals surface area contributed by atoms with Crippen molar-refractivity contribution >= 4 is 16.9 Å². The lowest BCUT2D eigenvalue weighted by atomic mass is 10.1. The van der Waals surface area contributed by atoms with Crippen LogP contribution < -0.4 is 5.73 Å². The number of amides is 1. The van der Waals surface area contributed by atoms with Gasteiger partial charge in [0.15, 0.2) is 0 Å². The molecule has 1 amide bonds. The Hall–Kier alpha value is -2.66. The molecule has 0 aliphatic rings. The summed E-state index contributed by atoms with van der Waals surface area (Å²) in [6, 6.07) is 13.6. The molecule has 0 aliphatic carbocycles. The predicted octanol–water partition coefficient (Wildman–Crippen LogP) is 2.39. The monoisotopic (exact) mass is 294 g/mol. The number of aromatic amines is 1. The fourth-order valence-electron chi connectivity index (χ4n) is 2.55. The number of nitrogens with two attached hydrogens (primary N) is 1. The summed E-state index contributed by atoms with van der Waals surface area (Å²) < 4.78 is 0. The molecule has 0 radical (unpaired) electrons. The van der Waals surface area contributed by atoms with Crippen LogP contribution >= 0.6 is 0 Å². The number of fused-ring (bicyclic) bond motifs is 1. The second-order valence-corrected chi connectivity index (χ2v) is 5.59. The third-order valence-corrected chi connectivity index (χ3v) is 3.48. The van der Waals surface area contributed by atoms with E-state index in [2.05, 4.69) is 27.0 Å². The van der Waals surface area contributed by atoms with Crippen molar-refractivity contribution in [3.8, 4) is 11.4 Å². The van der Waals surface area contributed by atoms with Crippen molar-refractivity contribution in [3.05, 3.63) is 53.6 Å². The fourth-order valence-corrected chi connectivity index (χ4v) is 2.55. The standard InChI is InChI=1S/C17H18N4O/c1-21(2)10-11-5-3-6-12(9-11)17-19-14-8-4-7-13(16(18)22)15(14)20-17/h3-9H,10H2,1-2H3,(H2,18,22)(H,19,20). The number of imidazole rings is 1. The maximum absolute atomic E-state index is 11.5. The first-order chi connectivity index (χ1) is 10.5. The van der Waals surface area contributed by atoms with Crippen molar-refractivity contribution in [1.29, 1.82) is 0 Å². The molecule has 0 saturated carbocycles. The maximum atomic E-state index is 11.5. The summed E-state index contributed by atoms with van der Waals surface area (Å²) in [6.45, 7) is 0.862. The van der Waals surface area contributed by atoms with Crippen molar-refractivity contribution in [3.63, 3.8) is 0 Å². The number of benzene rings is 2. The Kier molecular flexibility index (Phi) is 3.65. The van der Waals surface area contributed by atoms with Gasteiger partial charge in [0.25, 0.3) is 5.91 Å². The van der Waals surface area contributed by atoms with Gasteiger partial charge in [0, 0.05) is 12.1 Å². The molecule has 5 heteroatoms. The van der Waals surface area contributed by atoms with Crippen molar-refractivity contribution in [1.82, 2.24) is 14.9 Å². The molecular formula is C17H18N4O. The van der Waals surface area contributed by atoms with Crippen LogP contribution in [0.3, 0.4) is 0 Å². The number of carbonyl (C=O) groups is 1. The number of primary amides is 1. The van der Waals surface area contributed by atoms with Crippen LogP contribution in [0.1, 0.15) is 15.9 Å². The summed E-state index contributed by atoms with van der Waals surface area (Å²) in [4.78, 5) is 21.4. The van der Waals surface area contributed by atoms with Gasteiger partial charge in [0.1, 0.15) is 11.3 Å². The zero-order valence-corrected chi connectivity index (χ0v) is 12.6. The summed E-state index contributed by atoms with van der Waals surface area (Å²) in [5.74, 6) is 0.273. The Balaban J connectivity index is 2.07. The number of rotatable bonds is 4. The Morgan fingerprint density at radius 1 is 1.23 bits per heavy atom. The molecule has 112 valence electrons. The topological polar surface area (TPSA) is 75.0 Å². The first kappa shape index (κ1) is 14.3. The Bertz CT molecular complexity index is 836. The number of carbonyl (C=O) groups excluding carboxylic acids is 1. The summed E-state index contributed by atoms with van der Waals surface area (Å²) in [5.41, 5.74) is 9.46. The summed E-state index contributed by atoms with van der Waals surface area (Å²) in [5, 5.41) is 0. The molecule has 0 atom stereocenters. The molecule has 3 aromatic rings. The van der Waals surface area contributed by atoms with Gasteiger partial charge < -0.3 is 15.6 Å². The number of para-hydroxylation sites is 1. The van der Waals surface area contributed by atoms with E-state index in [4.69, 9.17) is 5.73 Å². The van der Waals surface area contributed by atoms with Crippen LogP contribution in [0.5, 0.6) is 0 Å². The lowest BCUT2D eigenvalue weighted by molar-refractivity contribution is 0.100. The van der Waals surface area contributed by atoms with E-state index in [9.17, 15) is 4.79 Å². The van der Waals surface area contributed by atoms with Crippen LogP contribution in [0.25, 0.3) is 22.4 Å². The van der Waals surface area contributed by atoms with E-state index in [1.807, 2.05) is 32.3 Å². The summed E-state index contributed by atoms with van der Waals surface area (Å²) in [6.07, 6.45) is 0. The van der Waals surface area contributed by atoms with Crippen LogP contribution in [0.4, 0.5) is 0 Å².